The zero-order chi connectivity index (χ0) is 29.9. The van der Waals surface area contributed by atoms with E-state index in [4.69, 9.17) is 14.6 Å². The summed E-state index contributed by atoms with van der Waals surface area (Å²) in [6.07, 6.45) is 19.3. The van der Waals surface area contributed by atoms with Gasteiger partial charge in [0.15, 0.2) is 0 Å². The van der Waals surface area contributed by atoms with E-state index in [2.05, 4.69) is 53.7 Å². The van der Waals surface area contributed by atoms with Crippen molar-refractivity contribution < 1.29 is 19.4 Å². The topological polar surface area (TPSA) is 83.1 Å². The highest BCUT2D eigenvalue weighted by Gasteiger charge is 2.44. The fourth-order valence-electron chi connectivity index (χ4n) is 6.72. The standard InChI is InChI=1S/C35H51N3O4/c1-5-12-34(36-7-3)37-30-20-19-25(22-33(30)41-4)21-32(26-14-10-15-26)38-28(23-27-13-8-9-17-31(27)38)24-42-29(6-2)16-11-18-35(39)40/h6,11-12,16,19-20,22,27-28,31,36-37H,5,7-10,13-15,17-18,21,23-24H2,1-4H3,(H,39,40)/b16-11-,29-6+,34-12+. The molecular formula is C35H51N3O4. The zero-order valence-corrected chi connectivity index (χ0v) is 26.1. The number of carbonyl (C=O) groups is 1. The summed E-state index contributed by atoms with van der Waals surface area (Å²) >= 11 is 0. The van der Waals surface area contributed by atoms with Crippen LogP contribution >= 0.6 is 0 Å². The van der Waals surface area contributed by atoms with Crippen LogP contribution in [0.5, 0.6) is 5.75 Å². The molecule has 1 aliphatic heterocycles. The van der Waals surface area contributed by atoms with Crippen molar-refractivity contribution in [3.63, 3.8) is 0 Å². The Morgan fingerprint density at radius 2 is 1.98 bits per heavy atom. The lowest BCUT2D eigenvalue weighted by Crippen LogP contribution is -2.41. The molecule has 1 aromatic carbocycles. The largest absolute Gasteiger partial charge is 0.495 e. The van der Waals surface area contributed by atoms with Gasteiger partial charge in [-0.25, -0.2) is 0 Å². The number of anilines is 1. The average molecular weight is 578 g/mol. The van der Waals surface area contributed by atoms with Crippen molar-refractivity contribution in [3.05, 3.63) is 70.9 Å². The fraction of sp³-hybridized carbons (Fsp3) is 0.571. The minimum absolute atomic E-state index is 0.000258. The fourth-order valence-corrected chi connectivity index (χ4v) is 6.72. The van der Waals surface area contributed by atoms with Crippen LogP contribution in [-0.2, 0) is 16.0 Å². The van der Waals surface area contributed by atoms with E-state index >= 15 is 0 Å². The highest BCUT2D eigenvalue weighted by atomic mass is 16.5. The predicted octanol–water partition coefficient (Wildman–Crippen LogP) is 7.53. The average Bonchev–Trinajstić information content (AvgIpc) is 3.32. The van der Waals surface area contributed by atoms with Gasteiger partial charge in [0, 0.05) is 24.7 Å². The van der Waals surface area contributed by atoms with E-state index in [1.54, 1.807) is 24.8 Å². The molecule has 0 radical (unpaired) electrons. The van der Waals surface area contributed by atoms with Gasteiger partial charge >= 0.3 is 5.97 Å². The Balaban J connectivity index is 1.57. The number of nitrogens with zero attached hydrogens (tertiary/aromatic N) is 1. The number of allylic oxidation sites excluding steroid dienone is 5. The summed E-state index contributed by atoms with van der Waals surface area (Å²) in [5, 5.41) is 15.9. The SMILES string of the molecule is C/C=C(\C=C/CC(=O)O)OCC1CC2CCCCC2N1C(Cc1ccc(N/C(=C/CC)NCC)c(OC)c1)=C1CCC1. The summed E-state index contributed by atoms with van der Waals surface area (Å²) < 4.78 is 12.2. The molecule has 1 heterocycles. The Labute approximate surface area is 252 Å². The molecule has 0 spiro atoms. The van der Waals surface area contributed by atoms with Gasteiger partial charge in [0.1, 0.15) is 18.1 Å². The monoisotopic (exact) mass is 577 g/mol. The van der Waals surface area contributed by atoms with Crippen molar-refractivity contribution in [2.24, 2.45) is 5.92 Å². The van der Waals surface area contributed by atoms with Crippen LogP contribution in [0.4, 0.5) is 5.69 Å². The molecule has 3 N–H and O–H groups in total. The Morgan fingerprint density at radius 3 is 2.64 bits per heavy atom. The van der Waals surface area contributed by atoms with E-state index < -0.39 is 5.97 Å². The molecule has 3 fully saturated rings. The lowest BCUT2D eigenvalue weighted by molar-refractivity contribution is -0.136. The summed E-state index contributed by atoms with van der Waals surface area (Å²) in [6, 6.07) is 7.46. The first kappa shape index (κ1) is 31.6. The van der Waals surface area contributed by atoms with Gasteiger partial charge in [-0.15, -0.1) is 0 Å². The number of fused-ring (bicyclic) bond motifs is 1. The van der Waals surface area contributed by atoms with Crippen LogP contribution in [0.25, 0.3) is 0 Å². The minimum Gasteiger partial charge on any atom is -0.495 e. The highest BCUT2D eigenvalue weighted by Crippen LogP contribution is 2.45. The number of carboxylic acid groups (broad SMARTS) is 1. The third-order valence-electron chi connectivity index (χ3n) is 8.86. The van der Waals surface area contributed by atoms with Crippen molar-refractivity contribution in [1.82, 2.24) is 10.2 Å². The number of methoxy groups -OCH3 is 1. The maximum atomic E-state index is 11.0. The molecular weight excluding hydrogens is 526 g/mol. The molecule has 2 saturated carbocycles. The highest BCUT2D eigenvalue weighted by molar-refractivity contribution is 5.68. The second kappa shape index (κ2) is 15.8. The van der Waals surface area contributed by atoms with E-state index in [0.29, 0.717) is 24.6 Å². The van der Waals surface area contributed by atoms with Crippen molar-refractivity contribution in [3.8, 4) is 5.75 Å². The number of likely N-dealkylation sites (tertiary alicyclic amines) is 1. The molecule has 0 bridgehead atoms. The third kappa shape index (κ3) is 8.14. The van der Waals surface area contributed by atoms with Crippen LogP contribution < -0.4 is 15.4 Å². The second-order valence-electron chi connectivity index (χ2n) is 11.7. The molecule has 1 aromatic rings. The number of hydrogen-bond donors (Lipinski definition) is 3. The molecule has 7 nitrogen and oxygen atoms in total. The first-order valence-corrected chi connectivity index (χ1v) is 16.0. The van der Waals surface area contributed by atoms with Gasteiger partial charge in [-0.3, -0.25) is 4.79 Å². The van der Waals surface area contributed by atoms with Crippen LogP contribution in [0, 0.1) is 5.92 Å². The molecule has 230 valence electrons. The first-order chi connectivity index (χ1) is 20.5. The molecule has 4 rings (SSSR count). The molecule has 0 amide bonds. The number of benzene rings is 1. The van der Waals surface area contributed by atoms with Crippen LogP contribution in [0.1, 0.15) is 90.5 Å². The summed E-state index contributed by atoms with van der Waals surface area (Å²) in [4.78, 5) is 13.7. The quantitative estimate of drug-likeness (QED) is 0.147. The lowest BCUT2D eigenvalue weighted by atomic mass is 9.83. The summed E-state index contributed by atoms with van der Waals surface area (Å²) in [5.74, 6) is 2.47. The summed E-state index contributed by atoms with van der Waals surface area (Å²) in [5.41, 5.74) is 5.32. The van der Waals surface area contributed by atoms with E-state index in [1.807, 2.05) is 13.0 Å². The Morgan fingerprint density at radius 1 is 1.17 bits per heavy atom. The number of aliphatic carboxylic acids is 1. The van der Waals surface area contributed by atoms with Crippen molar-refractivity contribution in [1.29, 1.82) is 0 Å². The minimum atomic E-state index is -0.833. The normalized spacial score (nSPS) is 22.5. The van der Waals surface area contributed by atoms with E-state index in [1.165, 1.54) is 56.2 Å². The summed E-state index contributed by atoms with van der Waals surface area (Å²) in [7, 11) is 1.75. The van der Waals surface area contributed by atoms with Crippen LogP contribution in [0.15, 0.2) is 65.4 Å². The molecule has 3 unspecified atom stereocenters. The van der Waals surface area contributed by atoms with Crippen molar-refractivity contribution in [2.45, 2.75) is 103 Å². The van der Waals surface area contributed by atoms with Gasteiger partial charge in [0.2, 0.25) is 0 Å². The van der Waals surface area contributed by atoms with Crippen LogP contribution in [0.2, 0.25) is 0 Å². The number of rotatable bonds is 15. The van der Waals surface area contributed by atoms with Gasteiger partial charge in [-0.1, -0.05) is 37.5 Å². The van der Waals surface area contributed by atoms with E-state index in [0.717, 1.165) is 48.8 Å². The molecule has 3 atom stereocenters. The first-order valence-electron chi connectivity index (χ1n) is 16.0. The van der Waals surface area contributed by atoms with Gasteiger partial charge < -0.3 is 30.1 Å². The van der Waals surface area contributed by atoms with Gasteiger partial charge in [-0.2, -0.15) is 0 Å². The Bertz CT molecular complexity index is 1180. The number of carboxylic acids is 1. The molecule has 1 saturated heterocycles. The zero-order valence-electron chi connectivity index (χ0n) is 26.1. The van der Waals surface area contributed by atoms with Crippen molar-refractivity contribution in [2.75, 3.05) is 25.6 Å². The molecule has 42 heavy (non-hydrogen) atoms. The van der Waals surface area contributed by atoms with Gasteiger partial charge in [0.25, 0.3) is 0 Å². The smallest absolute Gasteiger partial charge is 0.307 e. The van der Waals surface area contributed by atoms with Gasteiger partial charge in [0.05, 0.1) is 31.1 Å². The van der Waals surface area contributed by atoms with Gasteiger partial charge in [-0.05, 0) is 101 Å². The molecule has 0 aromatic heterocycles. The maximum Gasteiger partial charge on any atom is 0.307 e. The predicted molar refractivity (Wildman–Crippen MR) is 170 cm³/mol. The number of hydrogen-bond acceptors (Lipinski definition) is 6. The number of ether oxygens (including phenoxy) is 2. The van der Waals surface area contributed by atoms with Crippen LogP contribution in [0.3, 0.4) is 0 Å². The maximum absolute atomic E-state index is 11.0. The van der Waals surface area contributed by atoms with E-state index in [9.17, 15) is 4.79 Å². The van der Waals surface area contributed by atoms with Crippen LogP contribution in [-0.4, -0.2) is 48.3 Å². The second-order valence-corrected chi connectivity index (χ2v) is 11.7. The molecule has 3 aliphatic rings. The Hall–Kier alpha value is -3.35. The van der Waals surface area contributed by atoms with E-state index in [-0.39, 0.29) is 6.42 Å². The summed E-state index contributed by atoms with van der Waals surface area (Å²) in [6.45, 7) is 7.65. The molecule has 7 heteroatoms. The third-order valence-corrected chi connectivity index (χ3v) is 8.86. The lowest BCUT2D eigenvalue weighted by Gasteiger charge is -2.40. The number of nitrogens with one attached hydrogen (secondary N) is 2. The van der Waals surface area contributed by atoms with Crippen molar-refractivity contribution >= 4 is 11.7 Å². The Kier molecular flexibility index (Phi) is 11.8. The molecule has 2 aliphatic carbocycles.